The minimum absolute atomic E-state index is 0.0458. The summed E-state index contributed by atoms with van der Waals surface area (Å²) in [6, 6.07) is 7.99. The van der Waals surface area contributed by atoms with Crippen molar-refractivity contribution in [3.8, 4) is 17.2 Å². The van der Waals surface area contributed by atoms with Gasteiger partial charge < -0.3 is 0 Å². The lowest BCUT2D eigenvalue weighted by Gasteiger charge is -2.06. The van der Waals surface area contributed by atoms with Crippen LogP contribution >= 0.6 is 0 Å². The van der Waals surface area contributed by atoms with E-state index < -0.39 is 17.5 Å². The summed E-state index contributed by atoms with van der Waals surface area (Å²) in [5, 5.41) is 8.84. The number of nitrogens with zero attached hydrogens (tertiary/aromatic N) is 1. The highest BCUT2D eigenvalue weighted by Gasteiger charge is 2.11. The minimum Gasteiger partial charge on any atom is -0.207 e. The van der Waals surface area contributed by atoms with Gasteiger partial charge in [0.2, 0.25) is 0 Å². The van der Waals surface area contributed by atoms with E-state index in [9.17, 15) is 13.2 Å². The second-order valence-electron chi connectivity index (χ2n) is 3.43. The molecular formula is C13H6F3N. The van der Waals surface area contributed by atoms with E-state index in [1.165, 1.54) is 6.07 Å². The van der Waals surface area contributed by atoms with Crippen molar-refractivity contribution in [2.45, 2.75) is 0 Å². The third kappa shape index (κ3) is 2.13. The van der Waals surface area contributed by atoms with E-state index in [4.69, 9.17) is 5.26 Å². The zero-order valence-corrected chi connectivity index (χ0v) is 8.55. The monoisotopic (exact) mass is 233 g/mol. The highest BCUT2D eigenvalue weighted by Crippen LogP contribution is 2.27. The Morgan fingerprint density at radius 2 is 1.41 bits per heavy atom. The molecule has 2 aromatic rings. The maximum absolute atomic E-state index is 13.5. The highest BCUT2D eigenvalue weighted by molar-refractivity contribution is 5.71. The first-order valence-electron chi connectivity index (χ1n) is 4.77. The van der Waals surface area contributed by atoms with Gasteiger partial charge in [-0.2, -0.15) is 5.26 Å². The van der Waals surface area contributed by atoms with Gasteiger partial charge >= 0.3 is 0 Å². The molecular weight excluding hydrogens is 227 g/mol. The summed E-state index contributed by atoms with van der Waals surface area (Å²) in [5.41, 5.74) is 0.0152. The lowest BCUT2D eigenvalue weighted by Crippen LogP contribution is -1.91. The van der Waals surface area contributed by atoms with Crippen LogP contribution in [0, 0.1) is 28.8 Å². The second-order valence-corrected chi connectivity index (χ2v) is 3.43. The van der Waals surface area contributed by atoms with Gasteiger partial charge in [-0.15, -0.1) is 0 Å². The summed E-state index contributed by atoms with van der Waals surface area (Å²) in [4.78, 5) is 0. The Morgan fingerprint density at radius 3 is 2.06 bits per heavy atom. The average molecular weight is 233 g/mol. The molecule has 2 rings (SSSR count). The molecule has 0 fully saturated rings. The van der Waals surface area contributed by atoms with Crippen molar-refractivity contribution in [2.24, 2.45) is 0 Å². The van der Waals surface area contributed by atoms with Gasteiger partial charge in [0, 0.05) is 11.1 Å². The van der Waals surface area contributed by atoms with Gasteiger partial charge in [-0.25, -0.2) is 13.2 Å². The molecule has 0 aliphatic heterocycles. The summed E-state index contributed by atoms with van der Waals surface area (Å²) in [7, 11) is 0. The molecule has 0 saturated carbocycles. The molecule has 0 bridgehead atoms. The molecule has 0 atom stereocenters. The van der Waals surface area contributed by atoms with E-state index in [1.807, 2.05) is 6.07 Å². The van der Waals surface area contributed by atoms with Crippen LogP contribution in [-0.4, -0.2) is 0 Å². The molecule has 0 N–H and O–H groups in total. The molecule has 0 aromatic heterocycles. The summed E-state index contributed by atoms with van der Waals surface area (Å²) in [6.07, 6.45) is 0. The Morgan fingerprint density at radius 1 is 0.824 bits per heavy atom. The quantitative estimate of drug-likeness (QED) is 0.737. The Balaban J connectivity index is 2.72. The SMILES string of the molecule is N#Cc1ccc(F)cc1-c1cc(F)ccc1F. The highest BCUT2D eigenvalue weighted by atomic mass is 19.1. The molecule has 2 aromatic carbocycles. The molecule has 0 aliphatic rings. The van der Waals surface area contributed by atoms with Crippen LogP contribution in [0.4, 0.5) is 13.2 Å². The van der Waals surface area contributed by atoms with E-state index in [-0.39, 0.29) is 16.7 Å². The standard InChI is InChI=1S/C13H6F3N/c14-9-2-1-8(7-17)11(5-9)12-6-10(15)3-4-13(12)16/h1-6H. The maximum Gasteiger partial charge on any atom is 0.131 e. The predicted molar refractivity (Wildman–Crippen MR) is 56.5 cm³/mol. The molecule has 0 unspecified atom stereocenters. The largest absolute Gasteiger partial charge is 0.207 e. The second kappa shape index (κ2) is 4.30. The van der Waals surface area contributed by atoms with Crippen molar-refractivity contribution in [1.29, 1.82) is 5.26 Å². The Hall–Kier alpha value is -2.28. The van der Waals surface area contributed by atoms with Crippen LogP contribution in [0.15, 0.2) is 36.4 Å². The zero-order valence-electron chi connectivity index (χ0n) is 8.55. The van der Waals surface area contributed by atoms with E-state index in [2.05, 4.69) is 0 Å². The summed E-state index contributed by atoms with van der Waals surface area (Å²) in [6.45, 7) is 0. The fourth-order valence-electron chi connectivity index (χ4n) is 1.54. The van der Waals surface area contributed by atoms with Crippen molar-refractivity contribution in [3.63, 3.8) is 0 Å². The molecule has 0 saturated heterocycles. The van der Waals surface area contributed by atoms with Crippen LogP contribution in [0.2, 0.25) is 0 Å². The van der Waals surface area contributed by atoms with E-state index in [0.29, 0.717) is 0 Å². The topological polar surface area (TPSA) is 23.8 Å². The lowest BCUT2D eigenvalue weighted by molar-refractivity contribution is 0.602. The molecule has 1 nitrogen and oxygen atoms in total. The Bertz CT molecular complexity index is 615. The third-order valence-corrected chi connectivity index (χ3v) is 2.32. The van der Waals surface area contributed by atoms with Crippen LogP contribution in [0.3, 0.4) is 0 Å². The van der Waals surface area contributed by atoms with Crippen molar-refractivity contribution in [3.05, 3.63) is 59.4 Å². The van der Waals surface area contributed by atoms with Crippen LogP contribution in [0.25, 0.3) is 11.1 Å². The number of rotatable bonds is 1. The van der Waals surface area contributed by atoms with Gasteiger partial charge in [-0.1, -0.05) is 0 Å². The van der Waals surface area contributed by atoms with E-state index in [1.54, 1.807) is 0 Å². The fraction of sp³-hybridized carbons (Fsp3) is 0. The van der Waals surface area contributed by atoms with Gasteiger partial charge in [-0.3, -0.25) is 0 Å². The molecule has 0 radical (unpaired) electrons. The number of nitriles is 1. The zero-order chi connectivity index (χ0) is 12.4. The maximum atomic E-state index is 13.5. The van der Waals surface area contributed by atoms with Crippen LogP contribution in [0.1, 0.15) is 5.56 Å². The predicted octanol–water partition coefficient (Wildman–Crippen LogP) is 3.64. The normalized spacial score (nSPS) is 10.0. The van der Waals surface area contributed by atoms with Gasteiger partial charge in [0.05, 0.1) is 11.6 Å². The van der Waals surface area contributed by atoms with Gasteiger partial charge in [0.15, 0.2) is 0 Å². The molecule has 4 heteroatoms. The lowest BCUT2D eigenvalue weighted by atomic mass is 9.99. The average Bonchev–Trinajstić information content (AvgIpc) is 2.32. The third-order valence-electron chi connectivity index (χ3n) is 2.32. The fourth-order valence-corrected chi connectivity index (χ4v) is 1.54. The van der Waals surface area contributed by atoms with Crippen molar-refractivity contribution < 1.29 is 13.2 Å². The Labute approximate surface area is 95.7 Å². The first-order valence-corrected chi connectivity index (χ1v) is 4.77. The van der Waals surface area contributed by atoms with Gasteiger partial charge in [0.25, 0.3) is 0 Å². The smallest absolute Gasteiger partial charge is 0.131 e. The number of hydrogen-bond acceptors (Lipinski definition) is 1. The number of halogens is 3. The summed E-state index contributed by atoms with van der Waals surface area (Å²) in [5.74, 6) is -1.95. The van der Waals surface area contributed by atoms with Crippen molar-refractivity contribution in [1.82, 2.24) is 0 Å². The Kier molecular flexibility index (Phi) is 2.84. The molecule has 0 heterocycles. The first kappa shape index (κ1) is 11.2. The van der Waals surface area contributed by atoms with E-state index >= 15 is 0 Å². The van der Waals surface area contributed by atoms with Crippen LogP contribution in [0.5, 0.6) is 0 Å². The van der Waals surface area contributed by atoms with E-state index in [0.717, 1.165) is 30.3 Å². The summed E-state index contributed by atoms with van der Waals surface area (Å²) < 4.78 is 39.6. The summed E-state index contributed by atoms with van der Waals surface area (Å²) >= 11 is 0. The molecule has 84 valence electrons. The first-order chi connectivity index (χ1) is 8.11. The van der Waals surface area contributed by atoms with Gasteiger partial charge in [-0.05, 0) is 36.4 Å². The van der Waals surface area contributed by atoms with Crippen molar-refractivity contribution in [2.75, 3.05) is 0 Å². The molecule has 0 spiro atoms. The number of benzene rings is 2. The molecule has 0 aliphatic carbocycles. The minimum atomic E-state index is -0.700. The van der Waals surface area contributed by atoms with Crippen LogP contribution < -0.4 is 0 Å². The number of hydrogen-bond donors (Lipinski definition) is 0. The van der Waals surface area contributed by atoms with Crippen LogP contribution in [-0.2, 0) is 0 Å². The molecule has 0 amide bonds. The molecule has 17 heavy (non-hydrogen) atoms. The van der Waals surface area contributed by atoms with Crippen molar-refractivity contribution >= 4 is 0 Å². The van der Waals surface area contributed by atoms with Gasteiger partial charge in [0.1, 0.15) is 17.5 Å².